The van der Waals surface area contributed by atoms with Crippen LogP contribution >= 0.6 is 0 Å². The molecule has 11 aromatic rings. The van der Waals surface area contributed by atoms with Gasteiger partial charge in [0.2, 0.25) is 0 Å². The maximum atomic E-state index is 9.82. The molecule has 0 saturated heterocycles. The smallest absolute Gasteiger partial charge is 0.0645 e. The third kappa shape index (κ3) is 5.85. The molecule has 0 spiro atoms. The van der Waals surface area contributed by atoms with Crippen LogP contribution in [0.25, 0.3) is 87.6 Å². The quantitative estimate of drug-likeness (QED) is 0.152. The lowest BCUT2D eigenvalue weighted by molar-refractivity contribution is 0.660. The zero-order chi connectivity index (χ0) is 48.3. The first-order chi connectivity index (χ1) is 33.8. The van der Waals surface area contributed by atoms with E-state index in [1.165, 1.54) is 10.5 Å². The van der Waals surface area contributed by atoms with E-state index in [0.717, 1.165) is 70.9 Å². The maximum Gasteiger partial charge on any atom is 0.0645 e. The van der Waals surface area contributed by atoms with Crippen LogP contribution in [0.2, 0.25) is 0 Å². The van der Waals surface area contributed by atoms with E-state index in [9.17, 15) is 11.0 Å². The van der Waals surface area contributed by atoms with Crippen molar-refractivity contribution in [2.75, 3.05) is 4.90 Å². The second-order valence-corrected chi connectivity index (χ2v) is 16.7. The Labute approximate surface area is 374 Å². The SMILES string of the molecule is [2H]c1c([2H])c(N(c2cccc(-c3cc4ccccc4c4ccccc34)c2)c2c([2H])c([2H])c(-c3ccc4ccc5ccccc5c4c3)c([2H])c2[2H])c([2H])c([2H])c1-c1ccc2c(c1)C(C)(C)c1ccccc1-2. The number of anilines is 3. The first-order valence-corrected chi connectivity index (χ1v) is 21.0. The molecule has 0 aromatic heterocycles. The van der Waals surface area contributed by atoms with Gasteiger partial charge in [0.05, 0.1) is 11.0 Å². The molecule has 0 atom stereocenters. The van der Waals surface area contributed by atoms with Crippen molar-refractivity contribution in [3.8, 4) is 44.5 Å². The Hall–Kier alpha value is -7.74. The third-order valence-electron chi connectivity index (χ3n) is 12.8. The van der Waals surface area contributed by atoms with Gasteiger partial charge in [0.25, 0.3) is 0 Å². The summed E-state index contributed by atoms with van der Waals surface area (Å²) in [6, 6.07) is 55.0. The molecule has 1 heteroatoms. The van der Waals surface area contributed by atoms with Crippen LogP contribution in [-0.2, 0) is 5.41 Å². The predicted molar refractivity (Wildman–Crippen MR) is 265 cm³/mol. The molecule has 1 aliphatic carbocycles. The highest BCUT2D eigenvalue weighted by Crippen LogP contribution is 2.50. The Kier molecular flexibility index (Phi) is 6.56. The van der Waals surface area contributed by atoms with Crippen LogP contribution in [0.3, 0.4) is 0 Å². The largest absolute Gasteiger partial charge is 0.310 e. The molecule has 0 saturated carbocycles. The number of hydrogen-bond donors (Lipinski definition) is 0. The second kappa shape index (κ2) is 14.2. The summed E-state index contributed by atoms with van der Waals surface area (Å²) in [6.07, 6.45) is 0. The van der Waals surface area contributed by atoms with Crippen LogP contribution in [-0.4, -0.2) is 0 Å². The summed E-state index contributed by atoms with van der Waals surface area (Å²) in [4.78, 5) is 1.40. The van der Waals surface area contributed by atoms with Crippen molar-refractivity contribution in [2.24, 2.45) is 0 Å². The van der Waals surface area contributed by atoms with E-state index in [1.807, 2.05) is 121 Å². The summed E-state index contributed by atoms with van der Waals surface area (Å²) in [5.41, 5.74) is 6.92. The molecular formula is C61H43N. The molecule has 0 fully saturated rings. The highest BCUT2D eigenvalue weighted by molar-refractivity contribution is 6.14. The maximum absolute atomic E-state index is 9.82. The molecule has 1 nitrogen and oxygen atoms in total. The zero-order valence-corrected chi connectivity index (χ0v) is 34.2. The average molecular weight is 798 g/mol. The average Bonchev–Trinajstić information content (AvgIpc) is 3.61. The first-order valence-electron chi connectivity index (χ1n) is 25.0. The molecule has 292 valence electrons. The van der Waals surface area contributed by atoms with E-state index in [4.69, 9.17) is 0 Å². The molecule has 0 amide bonds. The molecule has 0 aliphatic heterocycles. The van der Waals surface area contributed by atoms with E-state index in [1.54, 1.807) is 6.07 Å². The van der Waals surface area contributed by atoms with Gasteiger partial charge < -0.3 is 4.90 Å². The molecule has 0 heterocycles. The Morgan fingerprint density at radius 2 is 0.871 bits per heavy atom. The van der Waals surface area contributed by atoms with Gasteiger partial charge in [-0.05, 0) is 153 Å². The summed E-state index contributed by atoms with van der Waals surface area (Å²) < 4.78 is 77.9. The van der Waals surface area contributed by atoms with E-state index < -0.39 is 12.1 Å². The van der Waals surface area contributed by atoms with Gasteiger partial charge in [-0.15, -0.1) is 0 Å². The van der Waals surface area contributed by atoms with Gasteiger partial charge in [-0.2, -0.15) is 0 Å². The Balaban J connectivity index is 1.09. The van der Waals surface area contributed by atoms with Crippen molar-refractivity contribution < 1.29 is 11.0 Å². The molecule has 1 aliphatic rings. The topological polar surface area (TPSA) is 3.24 Å². The number of hydrogen-bond acceptors (Lipinski definition) is 1. The van der Waals surface area contributed by atoms with E-state index in [2.05, 4.69) is 62.4 Å². The van der Waals surface area contributed by atoms with E-state index >= 15 is 0 Å². The summed E-state index contributed by atoms with van der Waals surface area (Å²) >= 11 is 0. The minimum Gasteiger partial charge on any atom is -0.310 e. The molecule has 0 bridgehead atoms. The summed E-state index contributed by atoms with van der Waals surface area (Å²) in [6.45, 7) is 4.30. The molecule has 0 unspecified atom stereocenters. The van der Waals surface area contributed by atoms with Crippen LogP contribution in [0.1, 0.15) is 35.9 Å². The minimum atomic E-state index is -0.392. The lowest BCUT2D eigenvalue weighted by Crippen LogP contribution is -2.14. The van der Waals surface area contributed by atoms with Crippen LogP contribution in [0.5, 0.6) is 0 Å². The summed E-state index contributed by atoms with van der Waals surface area (Å²) in [7, 11) is 0. The van der Waals surface area contributed by atoms with Crippen LogP contribution in [0.15, 0.2) is 224 Å². The predicted octanol–water partition coefficient (Wildman–Crippen LogP) is 17.1. The number of benzene rings is 11. The summed E-state index contributed by atoms with van der Waals surface area (Å²) in [5.74, 6) is 0. The van der Waals surface area contributed by atoms with Gasteiger partial charge in [0.1, 0.15) is 0 Å². The van der Waals surface area contributed by atoms with Crippen molar-refractivity contribution in [3.63, 3.8) is 0 Å². The van der Waals surface area contributed by atoms with Gasteiger partial charge in [-0.3, -0.25) is 0 Å². The number of nitrogens with zero attached hydrogens (tertiary/aromatic N) is 1. The monoisotopic (exact) mass is 797 g/mol. The Morgan fingerprint density at radius 3 is 1.61 bits per heavy atom. The Bertz CT molecular complexity index is 3990. The fraction of sp³-hybridized carbons (Fsp3) is 0.0492. The van der Waals surface area contributed by atoms with Crippen LogP contribution in [0.4, 0.5) is 17.1 Å². The van der Waals surface area contributed by atoms with Crippen LogP contribution < -0.4 is 4.90 Å². The highest BCUT2D eigenvalue weighted by Gasteiger charge is 2.35. The van der Waals surface area contributed by atoms with Crippen molar-refractivity contribution in [3.05, 3.63) is 235 Å². The van der Waals surface area contributed by atoms with Crippen LogP contribution in [0, 0.1) is 0 Å². The standard InChI is InChI=1S/C61H43N/c1-61(2)59-21-10-9-20-55(59)56-35-30-45(39-60(56)61)41-28-33-49(34-29-41)62(48-31-26-40(27-32-48)44-25-24-43-23-22-42-12-3-5-16-51(42)57(43)37-44)50-15-11-14-46(36-50)58-38-47-13-4-6-17-52(47)53-18-7-8-19-54(53)58/h3-39H,1-2H3/i26D,27D,28D,29D,31D,32D,33D,34D. The normalized spacial score (nSPS) is 14.6. The second-order valence-electron chi connectivity index (χ2n) is 16.7. The first kappa shape index (κ1) is 28.7. The Morgan fingerprint density at radius 1 is 0.323 bits per heavy atom. The molecule has 0 radical (unpaired) electrons. The lowest BCUT2D eigenvalue weighted by atomic mass is 9.81. The molecular weight excluding hydrogens is 747 g/mol. The third-order valence-corrected chi connectivity index (χ3v) is 12.8. The van der Waals surface area contributed by atoms with E-state index in [-0.39, 0.29) is 64.2 Å². The van der Waals surface area contributed by atoms with Gasteiger partial charge >= 0.3 is 0 Å². The van der Waals surface area contributed by atoms with Crippen molar-refractivity contribution in [1.82, 2.24) is 0 Å². The number of fused-ring (bicyclic) bond motifs is 9. The van der Waals surface area contributed by atoms with Gasteiger partial charge in [-0.1, -0.05) is 184 Å². The van der Waals surface area contributed by atoms with Crippen molar-refractivity contribution in [2.45, 2.75) is 19.3 Å². The molecule has 62 heavy (non-hydrogen) atoms. The molecule has 0 N–H and O–H groups in total. The lowest BCUT2D eigenvalue weighted by Gasteiger charge is -2.27. The number of rotatable bonds is 6. The van der Waals surface area contributed by atoms with Gasteiger partial charge in [-0.25, -0.2) is 0 Å². The molecule has 12 rings (SSSR count). The fourth-order valence-electron chi connectivity index (χ4n) is 9.62. The van der Waals surface area contributed by atoms with E-state index in [0.29, 0.717) is 16.8 Å². The highest BCUT2D eigenvalue weighted by atomic mass is 15.1. The van der Waals surface area contributed by atoms with Crippen molar-refractivity contribution in [1.29, 1.82) is 0 Å². The van der Waals surface area contributed by atoms with Crippen molar-refractivity contribution >= 4 is 60.2 Å². The summed E-state index contributed by atoms with van der Waals surface area (Å²) in [5, 5.41) is 8.11. The van der Waals surface area contributed by atoms with Gasteiger partial charge in [0.15, 0.2) is 0 Å². The van der Waals surface area contributed by atoms with Gasteiger partial charge in [0, 0.05) is 22.5 Å². The fourth-order valence-corrected chi connectivity index (χ4v) is 9.62. The molecule has 11 aromatic carbocycles. The zero-order valence-electron chi connectivity index (χ0n) is 42.2. The minimum absolute atomic E-state index is 0.113.